The Hall–Kier alpha value is -1.57. The van der Waals surface area contributed by atoms with E-state index in [4.69, 9.17) is 4.74 Å². The number of nitrogens with one attached hydrogen (secondary N) is 1. The normalized spacial score (nSPS) is 19.2. The van der Waals surface area contributed by atoms with Crippen LogP contribution in [0.5, 0.6) is 0 Å². The Morgan fingerprint density at radius 1 is 1.53 bits per heavy atom. The first-order chi connectivity index (χ1) is 9.30. The molecule has 0 amide bonds. The van der Waals surface area contributed by atoms with E-state index in [-0.39, 0.29) is 0 Å². The Bertz CT molecular complexity index is 467. The molecule has 1 aliphatic heterocycles. The summed E-state index contributed by atoms with van der Waals surface area (Å²) in [4.78, 5) is 2.31. The molecule has 1 aromatic rings. The molecule has 4 nitrogen and oxygen atoms in total. The van der Waals surface area contributed by atoms with Gasteiger partial charge in [0.15, 0.2) is 0 Å². The number of rotatable bonds is 4. The monoisotopic (exact) mass is 259 g/mol. The zero-order valence-electron chi connectivity index (χ0n) is 11.6. The summed E-state index contributed by atoms with van der Waals surface area (Å²) in [7, 11) is 1.91. The van der Waals surface area contributed by atoms with Gasteiger partial charge in [0.2, 0.25) is 0 Å². The van der Waals surface area contributed by atoms with E-state index >= 15 is 0 Å². The summed E-state index contributed by atoms with van der Waals surface area (Å²) in [6.45, 7) is 5.29. The highest BCUT2D eigenvalue weighted by Gasteiger charge is 2.23. The molecule has 1 aliphatic rings. The second-order valence-corrected chi connectivity index (χ2v) is 4.82. The number of benzene rings is 1. The molecule has 2 rings (SSSR count). The van der Waals surface area contributed by atoms with Crippen molar-refractivity contribution in [1.82, 2.24) is 5.32 Å². The van der Waals surface area contributed by atoms with E-state index in [9.17, 15) is 5.26 Å². The third-order valence-electron chi connectivity index (χ3n) is 3.57. The third-order valence-corrected chi connectivity index (χ3v) is 3.57. The van der Waals surface area contributed by atoms with Crippen molar-refractivity contribution in [3.63, 3.8) is 0 Å². The van der Waals surface area contributed by atoms with Gasteiger partial charge in [0.05, 0.1) is 30.5 Å². The minimum Gasteiger partial charge on any atom is -0.377 e. The van der Waals surface area contributed by atoms with Gasteiger partial charge in [0, 0.05) is 13.1 Å². The second kappa shape index (κ2) is 6.55. The van der Waals surface area contributed by atoms with Crippen molar-refractivity contribution in [2.45, 2.75) is 25.9 Å². The maximum absolute atomic E-state index is 9.37. The number of nitriles is 1. The van der Waals surface area contributed by atoms with Gasteiger partial charge in [-0.15, -0.1) is 0 Å². The summed E-state index contributed by atoms with van der Waals surface area (Å²) >= 11 is 0. The molecule has 102 valence electrons. The van der Waals surface area contributed by atoms with Crippen LogP contribution in [0, 0.1) is 11.3 Å². The molecule has 19 heavy (non-hydrogen) atoms. The first-order valence-corrected chi connectivity index (χ1v) is 6.82. The Morgan fingerprint density at radius 2 is 2.37 bits per heavy atom. The number of ether oxygens (including phenoxy) is 1. The number of hydrogen-bond donors (Lipinski definition) is 1. The molecule has 0 aromatic heterocycles. The highest BCUT2D eigenvalue weighted by atomic mass is 16.5. The summed E-state index contributed by atoms with van der Waals surface area (Å²) in [6, 6.07) is 8.84. The molecule has 1 saturated heterocycles. The largest absolute Gasteiger partial charge is 0.377 e. The standard InChI is InChI=1S/C15H21N3O/c1-3-14-11-19-7-6-18(14)15-5-4-12(10-17-2)8-13(15)9-16/h4-5,8,14,17H,3,6-7,10-11H2,1-2H3. The van der Waals surface area contributed by atoms with Gasteiger partial charge in [-0.05, 0) is 31.2 Å². The molecule has 0 aliphatic carbocycles. The number of morpholine rings is 1. The van der Waals surface area contributed by atoms with Gasteiger partial charge in [0.1, 0.15) is 6.07 Å². The van der Waals surface area contributed by atoms with Crippen molar-refractivity contribution in [2.24, 2.45) is 0 Å². The van der Waals surface area contributed by atoms with Crippen LogP contribution in [0.15, 0.2) is 18.2 Å². The predicted molar refractivity (Wildman–Crippen MR) is 76.2 cm³/mol. The van der Waals surface area contributed by atoms with Crippen LogP contribution in [0.2, 0.25) is 0 Å². The van der Waals surface area contributed by atoms with Crippen LogP contribution in [0.25, 0.3) is 0 Å². The van der Waals surface area contributed by atoms with E-state index in [2.05, 4.69) is 35.3 Å². The Labute approximate surface area is 115 Å². The van der Waals surface area contributed by atoms with Crippen LogP contribution >= 0.6 is 0 Å². The summed E-state index contributed by atoms with van der Waals surface area (Å²) < 4.78 is 5.53. The Kier molecular flexibility index (Phi) is 4.78. The summed E-state index contributed by atoms with van der Waals surface area (Å²) in [5.41, 5.74) is 2.94. The Morgan fingerprint density at radius 3 is 3.05 bits per heavy atom. The summed E-state index contributed by atoms with van der Waals surface area (Å²) in [5, 5.41) is 12.5. The highest BCUT2D eigenvalue weighted by molar-refractivity contribution is 5.61. The molecule has 1 aromatic carbocycles. The van der Waals surface area contributed by atoms with Gasteiger partial charge < -0.3 is 15.0 Å². The van der Waals surface area contributed by atoms with E-state index in [1.807, 2.05) is 13.1 Å². The van der Waals surface area contributed by atoms with E-state index in [1.54, 1.807) is 0 Å². The van der Waals surface area contributed by atoms with Crippen molar-refractivity contribution in [1.29, 1.82) is 5.26 Å². The van der Waals surface area contributed by atoms with Crippen LogP contribution < -0.4 is 10.2 Å². The second-order valence-electron chi connectivity index (χ2n) is 4.82. The summed E-state index contributed by atoms with van der Waals surface area (Å²) in [5.74, 6) is 0. The molecule has 1 heterocycles. The van der Waals surface area contributed by atoms with E-state index in [0.29, 0.717) is 6.04 Å². The van der Waals surface area contributed by atoms with E-state index < -0.39 is 0 Å². The van der Waals surface area contributed by atoms with Gasteiger partial charge in [-0.2, -0.15) is 5.26 Å². The lowest BCUT2D eigenvalue weighted by molar-refractivity contribution is 0.0930. The van der Waals surface area contributed by atoms with E-state index in [0.717, 1.165) is 49.5 Å². The molecule has 0 bridgehead atoms. The van der Waals surface area contributed by atoms with Crippen molar-refractivity contribution in [2.75, 3.05) is 31.7 Å². The zero-order valence-corrected chi connectivity index (χ0v) is 11.6. The lowest BCUT2D eigenvalue weighted by Gasteiger charge is -2.37. The summed E-state index contributed by atoms with van der Waals surface area (Å²) in [6.07, 6.45) is 1.03. The van der Waals surface area contributed by atoms with Crippen LogP contribution in [-0.2, 0) is 11.3 Å². The van der Waals surface area contributed by atoms with Crippen molar-refractivity contribution in [3.05, 3.63) is 29.3 Å². The molecule has 1 atom stereocenters. The smallest absolute Gasteiger partial charge is 0.101 e. The number of nitrogens with zero attached hydrogens (tertiary/aromatic N) is 2. The molecule has 0 radical (unpaired) electrons. The molecule has 0 spiro atoms. The molecule has 1 N–H and O–H groups in total. The van der Waals surface area contributed by atoms with Gasteiger partial charge in [-0.3, -0.25) is 0 Å². The molecule has 1 fully saturated rings. The van der Waals surface area contributed by atoms with Gasteiger partial charge in [-0.25, -0.2) is 0 Å². The fraction of sp³-hybridized carbons (Fsp3) is 0.533. The van der Waals surface area contributed by atoms with Gasteiger partial charge in [0.25, 0.3) is 0 Å². The van der Waals surface area contributed by atoms with Crippen LogP contribution in [0.1, 0.15) is 24.5 Å². The average Bonchev–Trinajstić information content (AvgIpc) is 2.47. The first-order valence-electron chi connectivity index (χ1n) is 6.82. The lowest BCUT2D eigenvalue weighted by atomic mass is 10.1. The van der Waals surface area contributed by atoms with Gasteiger partial charge in [-0.1, -0.05) is 13.0 Å². The first kappa shape index (κ1) is 13.9. The molecule has 0 saturated carbocycles. The van der Waals surface area contributed by atoms with E-state index in [1.165, 1.54) is 0 Å². The molecule has 4 heteroatoms. The molecular formula is C15H21N3O. The van der Waals surface area contributed by atoms with Crippen molar-refractivity contribution >= 4 is 5.69 Å². The van der Waals surface area contributed by atoms with Crippen molar-refractivity contribution < 1.29 is 4.74 Å². The molecular weight excluding hydrogens is 238 g/mol. The molecule has 1 unspecified atom stereocenters. The number of anilines is 1. The van der Waals surface area contributed by atoms with Crippen LogP contribution in [0.4, 0.5) is 5.69 Å². The van der Waals surface area contributed by atoms with Crippen LogP contribution in [-0.4, -0.2) is 32.8 Å². The zero-order chi connectivity index (χ0) is 13.7. The topological polar surface area (TPSA) is 48.3 Å². The average molecular weight is 259 g/mol. The minimum absolute atomic E-state index is 0.371. The maximum atomic E-state index is 9.37. The fourth-order valence-electron chi connectivity index (χ4n) is 2.55. The Balaban J connectivity index is 2.30. The van der Waals surface area contributed by atoms with Crippen molar-refractivity contribution in [3.8, 4) is 6.07 Å². The highest BCUT2D eigenvalue weighted by Crippen LogP contribution is 2.26. The van der Waals surface area contributed by atoms with Gasteiger partial charge >= 0.3 is 0 Å². The number of hydrogen-bond acceptors (Lipinski definition) is 4. The maximum Gasteiger partial charge on any atom is 0.101 e. The minimum atomic E-state index is 0.371. The third kappa shape index (κ3) is 3.06. The predicted octanol–water partition coefficient (Wildman–Crippen LogP) is 1.89. The lowest BCUT2D eigenvalue weighted by Crippen LogP contribution is -2.45. The fourth-order valence-corrected chi connectivity index (χ4v) is 2.55. The quantitative estimate of drug-likeness (QED) is 0.897. The SMILES string of the molecule is CCC1COCCN1c1ccc(CNC)cc1C#N. The van der Waals surface area contributed by atoms with Crippen LogP contribution in [0.3, 0.4) is 0 Å².